The first-order chi connectivity index (χ1) is 9.75. The molecule has 0 aromatic heterocycles. The Labute approximate surface area is 146 Å². The van der Waals surface area contributed by atoms with Gasteiger partial charge in [-0.1, -0.05) is 0 Å². The van der Waals surface area contributed by atoms with Crippen LogP contribution in [0, 0.1) is 5.92 Å². The van der Waals surface area contributed by atoms with Crippen LogP contribution in [0.5, 0.6) is 0 Å². The quantitative estimate of drug-likeness (QED) is 0.756. The van der Waals surface area contributed by atoms with Gasteiger partial charge in [0.25, 0.3) is 0 Å². The monoisotopic (exact) mass is 355 g/mol. The van der Waals surface area contributed by atoms with Gasteiger partial charge in [-0.05, 0) is 45.2 Å². The molecule has 1 amide bonds. The number of nitrogens with one attached hydrogen (secondary N) is 2. The molecule has 1 atom stereocenters. The maximum Gasteiger partial charge on any atom is 0.220 e. The lowest BCUT2D eigenvalue weighted by molar-refractivity contribution is -0.121. The molecule has 5 nitrogen and oxygen atoms in total. The number of carbonyl (C=O) groups is 1. The zero-order valence-electron chi connectivity index (χ0n) is 13.5. The predicted molar refractivity (Wildman–Crippen MR) is 94.2 cm³/mol. The van der Waals surface area contributed by atoms with Crippen LogP contribution in [0.1, 0.15) is 32.6 Å². The molecule has 0 bridgehead atoms. The second-order valence-electron chi connectivity index (χ2n) is 6.03. The number of nitrogens with zero attached hydrogens (tertiary/aromatic N) is 1. The van der Waals surface area contributed by atoms with Gasteiger partial charge in [-0.3, -0.25) is 9.69 Å². The molecule has 0 aromatic carbocycles. The van der Waals surface area contributed by atoms with Crippen molar-refractivity contribution in [3.63, 3.8) is 0 Å². The van der Waals surface area contributed by atoms with E-state index in [2.05, 4.69) is 22.5 Å². The highest BCUT2D eigenvalue weighted by Gasteiger charge is 2.18. The minimum absolute atomic E-state index is 0. The van der Waals surface area contributed by atoms with E-state index in [9.17, 15) is 4.79 Å². The van der Waals surface area contributed by atoms with Crippen molar-refractivity contribution in [2.75, 3.05) is 45.9 Å². The number of morpholine rings is 1. The highest BCUT2D eigenvalue weighted by atomic mass is 35.5. The number of amides is 1. The van der Waals surface area contributed by atoms with Gasteiger partial charge < -0.3 is 15.4 Å². The van der Waals surface area contributed by atoms with Crippen molar-refractivity contribution in [3.05, 3.63) is 0 Å². The number of hydrogen-bond acceptors (Lipinski definition) is 4. The van der Waals surface area contributed by atoms with Crippen LogP contribution < -0.4 is 10.6 Å². The van der Waals surface area contributed by atoms with Crippen molar-refractivity contribution in [3.8, 4) is 0 Å². The molecule has 2 fully saturated rings. The van der Waals surface area contributed by atoms with Gasteiger partial charge in [-0.2, -0.15) is 0 Å². The molecule has 2 rings (SSSR count). The van der Waals surface area contributed by atoms with E-state index in [-0.39, 0.29) is 30.7 Å². The lowest BCUT2D eigenvalue weighted by atomic mass is 9.93. The van der Waals surface area contributed by atoms with Crippen LogP contribution in [0.15, 0.2) is 0 Å². The number of piperidine rings is 1. The Balaban J connectivity index is 0.00000220. The zero-order chi connectivity index (χ0) is 14.2. The molecular formula is C15H31Cl2N3O2. The summed E-state index contributed by atoms with van der Waals surface area (Å²) in [6.45, 7) is 8.74. The molecule has 7 heteroatoms. The topological polar surface area (TPSA) is 53.6 Å². The number of hydrogen-bond donors (Lipinski definition) is 2. The number of halogens is 2. The van der Waals surface area contributed by atoms with E-state index in [1.165, 1.54) is 12.8 Å². The maximum atomic E-state index is 11.9. The fraction of sp³-hybridized carbons (Fsp3) is 0.933. The molecule has 2 saturated heterocycles. The molecule has 0 spiro atoms. The molecule has 0 aliphatic carbocycles. The average Bonchev–Trinajstić information content (AvgIpc) is 2.52. The van der Waals surface area contributed by atoms with Crippen molar-refractivity contribution in [1.29, 1.82) is 0 Å². The van der Waals surface area contributed by atoms with Gasteiger partial charge in [-0.25, -0.2) is 0 Å². The summed E-state index contributed by atoms with van der Waals surface area (Å²) in [5, 5.41) is 6.44. The van der Waals surface area contributed by atoms with Crippen molar-refractivity contribution >= 4 is 30.7 Å². The third-order valence-electron chi connectivity index (χ3n) is 4.50. The van der Waals surface area contributed by atoms with Gasteiger partial charge in [0.15, 0.2) is 0 Å². The second-order valence-corrected chi connectivity index (χ2v) is 6.03. The first-order valence-corrected chi connectivity index (χ1v) is 8.05. The summed E-state index contributed by atoms with van der Waals surface area (Å²) in [5.41, 5.74) is 0. The Bertz CT molecular complexity index is 297. The summed E-state index contributed by atoms with van der Waals surface area (Å²) < 4.78 is 5.35. The Kier molecular flexibility index (Phi) is 12.3. The standard InChI is InChI=1S/C15H29N3O2.2ClH/c1-13(18-8-10-20-11-9-18)12-17-15(19)3-2-14-4-6-16-7-5-14;;/h13-14,16H,2-12H2,1H3,(H,17,19);2*1H. The minimum atomic E-state index is 0. The summed E-state index contributed by atoms with van der Waals surface area (Å²) in [7, 11) is 0. The van der Waals surface area contributed by atoms with Crippen LogP contribution in [0.4, 0.5) is 0 Å². The van der Waals surface area contributed by atoms with E-state index in [1.807, 2.05) is 0 Å². The normalized spacial score (nSPS) is 21.3. The third kappa shape index (κ3) is 7.97. The third-order valence-corrected chi connectivity index (χ3v) is 4.50. The summed E-state index contributed by atoms with van der Waals surface area (Å²) in [4.78, 5) is 14.3. The van der Waals surface area contributed by atoms with E-state index < -0.39 is 0 Å². The molecule has 1 unspecified atom stereocenters. The molecule has 2 aliphatic heterocycles. The van der Waals surface area contributed by atoms with Crippen LogP contribution in [-0.4, -0.2) is 62.8 Å². The molecule has 0 aromatic rings. The van der Waals surface area contributed by atoms with Crippen LogP contribution in [0.3, 0.4) is 0 Å². The van der Waals surface area contributed by atoms with Crippen LogP contribution in [-0.2, 0) is 9.53 Å². The van der Waals surface area contributed by atoms with Gasteiger partial charge in [0.1, 0.15) is 0 Å². The Hall–Kier alpha value is -0.0700. The fourth-order valence-corrected chi connectivity index (χ4v) is 3.00. The molecule has 0 radical (unpaired) electrons. The molecule has 2 heterocycles. The smallest absolute Gasteiger partial charge is 0.220 e. The Morgan fingerprint density at radius 1 is 1.27 bits per heavy atom. The van der Waals surface area contributed by atoms with Gasteiger partial charge in [0, 0.05) is 32.1 Å². The average molecular weight is 356 g/mol. The minimum Gasteiger partial charge on any atom is -0.379 e. The summed E-state index contributed by atoms with van der Waals surface area (Å²) in [6, 6.07) is 0.404. The molecular weight excluding hydrogens is 325 g/mol. The maximum absolute atomic E-state index is 11.9. The number of ether oxygens (including phenoxy) is 1. The highest BCUT2D eigenvalue weighted by molar-refractivity contribution is 5.85. The highest BCUT2D eigenvalue weighted by Crippen LogP contribution is 2.17. The molecule has 2 N–H and O–H groups in total. The first kappa shape index (κ1) is 21.9. The van der Waals surface area contributed by atoms with Crippen molar-refractivity contribution in [2.24, 2.45) is 5.92 Å². The van der Waals surface area contributed by atoms with E-state index in [4.69, 9.17) is 4.74 Å². The summed E-state index contributed by atoms with van der Waals surface area (Å²) >= 11 is 0. The van der Waals surface area contributed by atoms with Gasteiger partial charge >= 0.3 is 0 Å². The van der Waals surface area contributed by atoms with Crippen LogP contribution in [0.25, 0.3) is 0 Å². The Morgan fingerprint density at radius 2 is 1.91 bits per heavy atom. The van der Waals surface area contributed by atoms with Crippen molar-refractivity contribution in [1.82, 2.24) is 15.5 Å². The van der Waals surface area contributed by atoms with Crippen molar-refractivity contribution < 1.29 is 9.53 Å². The van der Waals surface area contributed by atoms with E-state index in [0.29, 0.717) is 12.5 Å². The van der Waals surface area contributed by atoms with E-state index in [0.717, 1.165) is 58.3 Å². The Morgan fingerprint density at radius 3 is 2.55 bits per heavy atom. The molecule has 2 aliphatic rings. The summed E-state index contributed by atoms with van der Waals surface area (Å²) in [6.07, 6.45) is 4.16. The van der Waals surface area contributed by atoms with Gasteiger partial charge in [0.05, 0.1) is 13.2 Å². The van der Waals surface area contributed by atoms with E-state index in [1.54, 1.807) is 0 Å². The second kappa shape index (κ2) is 12.4. The molecule has 0 saturated carbocycles. The fourth-order valence-electron chi connectivity index (χ4n) is 3.00. The van der Waals surface area contributed by atoms with Gasteiger partial charge in [-0.15, -0.1) is 24.8 Å². The molecule has 132 valence electrons. The largest absolute Gasteiger partial charge is 0.379 e. The van der Waals surface area contributed by atoms with E-state index >= 15 is 0 Å². The zero-order valence-corrected chi connectivity index (χ0v) is 15.1. The van der Waals surface area contributed by atoms with Crippen LogP contribution in [0.2, 0.25) is 0 Å². The van der Waals surface area contributed by atoms with Crippen LogP contribution >= 0.6 is 24.8 Å². The number of rotatable bonds is 6. The lowest BCUT2D eigenvalue weighted by Gasteiger charge is -2.32. The van der Waals surface area contributed by atoms with Gasteiger partial charge in [0.2, 0.25) is 5.91 Å². The SMILES string of the molecule is CC(CNC(=O)CCC1CCNCC1)N1CCOCC1.Cl.Cl. The lowest BCUT2D eigenvalue weighted by Crippen LogP contribution is -2.47. The predicted octanol–water partition coefficient (Wildman–Crippen LogP) is 1.45. The number of carbonyl (C=O) groups excluding carboxylic acids is 1. The summed E-state index contributed by atoms with van der Waals surface area (Å²) in [5.74, 6) is 0.947. The molecule has 22 heavy (non-hydrogen) atoms. The van der Waals surface area contributed by atoms with Crippen molar-refractivity contribution in [2.45, 2.75) is 38.6 Å². The first-order valence-electron chi connectivity index (χ1n) is 8.05.